The summed E-state index contributed by atoms with van der Waals surface area (Å²) in [6, 6.07) is 20.7. The highest BCUT2D eigenvalue weighted by atomic mass is 16.3. The first-order valence-corrected chi connectivity index (χ1v) is 12.5. The Bertz CT molecular complexity index is 1290. The van der Waals surface area contributed by atoms with Crippen LogP contribution in [0.3, 0.4) is 0 Å². The average Bonchev–Trinajstić information content (AvgIpc) is 3.27. The molecule has 38 heavy (non-hydrogen) atoms. The van der Waals surface area contributed by atoms with E-state index in [0.29, 0.717) is 13.1 Å². The summed E-state index contributed by atoms with van der Waals surface area (Å²) in [6.45, 7) is 0.871. The number of carbonyl (C=O) groups is 3. The smallest absolute Gasteiger partial charge is 0.332 e. The first kappa shape index (κ1) is 25.2. The van der Waals surface area contributed by atoms with E-state index in [2.05, 4.69) is 10.3 Å². The second kappa shape index (κ2) is 10.9. The molecule has 2 aromatic carbocycles. The standard InChI is InChI=1S/C28H30N6O4/c1-31(28(38)30-16-21-7-3-2-4-8-21)33-19-26(36)34-24(15-20-10-12-23(35)13-11-20)27(37)32(18-25(33)34)17-22-9-5-6-14-29-22/h2-14,24-25,35H,15-19H2,1H3,(H,30,38)/t24-,25+/m0/s1. The van der Waals surface area contributed by atoms with E-state index in [4.69, 9.17) is 0 Å². The number of hydrazine groups is 1. The minimum Gasteiger partial charge on any atom is -0.508 e. The number of amides is 4. The second-order valence-electron chi connectivity index (χ2n) is 9.47. The number of phenolic OH excluding ortho intramolecular Hbond substituents is 1. The third-order valence-corrected chi connectivity index (χ3v) is 6.98. The summed E-state index contributed by atoms with van der Waals surface area (Å²) in [5.74, 6) is -0.261. The highest BCUT2D eigenvalue weighted by molar-refractivity contribution is 5.91. The van der Waals surface area contributed by atoms with Crippen molar-refractivity contribution >= 4 is 17.8 Å². The summed E-state index contributed by atoms with van der Waals surface area (Å²) >= 11 is 0. The number of aromatic hydroxyl groups is 1. The lowest BCUT2D eigenvalue weighted by molar-refractivity contribution is -0.157. The van der Waals surface area contributed by atoms with E-state index < -0.39 is 12.2 Å². The number of fused-ring (bicyclic) bond motifs is 1. The highest BCUT2D eigenvalue weighted by Crippen LogP contribution is 2.30. The van der Waals surface area contributed by atoms with E-state index in [1.54, 1.807) is 52.3 Å². The van der Waals surface area contributed by atoms with Gasteiger partial charge in [-0.3, -0.25) is 19.6 Å². The molecule has 0 bridgehead atoms. The molecule has 2 atom stereocenters. The van der Waals surface area contributed by atoms with Gasteiger partial charge in [0.2, 0.25) is 11.8 Å². The Hall–Kier alpha value is -4.44. The van der Waals surface area contributed by atoms with Gasteiger partial charge >= 0.3 is 6.03 Å². The lowest BCUT2D eigenvalue weighted by Gasteiger charge is -2.45. The van der Waals surface area contributed by atoms with Gasteiger partial charge in [-0.05, 0) is 35.4 Å². The van der Waals surface area contributed by atoms with Gasteiger partial charge in [0, 0.05) is 26.2 Å². The fourth-order valence-electron chi connectivity index (χ4n) is 5.00. The lowest BCUT2D eigenvalue weighted by atomic mass is 10.00. The Morgan fingerprint density at radius 1 is 1.03 bits per heavy atom. The number of hydrogen-bond donors (Lipinski definition) is 2. The first-order valence-electron chi connectivity index (χ1n) is 12.5. The van der Waals surface area contributed by atoms with Crippen molar-refractivity contribution in [1.82, 2.24) is 30.1 Å². The van der Waals surface area contributed by atoms with Gasteiger partial charge in [0.15, 0.2) is 0 Å². The Balaban J connectivity index is 1.38. The van der Waals surface area contributed by atoms with Crippen molar-refractivity contribution in [2.45, 2.75) is 31.7 Å². The molecule has 1 aromatic heterocycles. The molecule has 0 saturated carbocycles. The van der Waals surface area contributed by atoms with Gasteiger partial charge in [-0.25, -0.2) is 4.79 Å². The van der Waals surface area contributed by atoms with Crippen LogP contribution in [-0.2, 0) is 29.1 Å². The number of aromatic nitrogens is 1. The zero-order valence-electron chi connectivity index (χ0n) is 21.1. The van der Waals surface area contributed by atoms with Gasteiger partial charge in [0.1, 0.15) is 18.0 Å². The summed E-state index contributed by atoms with van der Waals surface area (Å²) < 4.78 is 0. The van der Waals surface area contributed by atoms with Crippen LogP contribution in [0.15, 0.2) is 79.0 Å². The molecule has 0 unspecified atom stereocenters. The summed E-state index contributed by atoms with van der Waals surface area (Å²) in [7, 11) is 1.63. The molecule has 2 aliphatic rings. The molecule has 196 valence electrons. The summed E-state index contributed by atoms with van der Waals surface area (Å²) in [5.41, 5.74) is 2.52. The molecule has 0 aliphatic carbocycles. The van der Waals surface area contributed by atoms with Crippen LogP contribution >= 0.6 is 0 Å². The van der Waals surface area contributed by atoms with Crippen molar-refractivity contribution in [3.8, 4) is 5.75 Å². The van der Waals surface area contributed by atoms with Crippen molar-refractivity contribution in [3.05, 3.63) is 95.8 Å². The molecule has 3 aromatic rings. The Morgan fingerprint density at radius 3 is 2.47 bits per heavy atom. The fourth-order valence-corrected chi connectivity index (χ4v) is 5.00. The highest BCUT2D eigenvalue weighted by Gasteiger charge is 2.51. The van der Waals surface area contributed by atoms with E-state index in [-0.39, 0.29) is 43.1 Å². The number of hydrogen-bond acceptors (Lipinski definition) is 6. The third kappa shape index (κ3) is 5.30. The van der Waals surface area contributed by atoms with Crippen molar-refractivity contribution in [2.24, 2.45) is 0 Å². The molecule has 2 fully saturated rings. The number of benzene rings is 2. The van der Waals surface area contributed by atoms with Crippen LogP contribution in [0.25, 0.3) is 0 Å². The largest absolute Gasteiger partial charge is 0.508 e. The summed E-state index contributed by atoms with van der Waals surface area (Å²) in [5, 5.41) is 15.7. The van der Waals surface area contributed by atoms with Crippen molar-refractivity contribution in [1.29, 1.82) is 0 Å². The monoisotopic (exact) mass is 514 g/mol. The van der Waals surface area contributed by atoms with Gasteiger partial charge < -0.3 is 20.2 Å². The number of carbonyl (C=O) groups excluding carboxylic acids is 3. The molecular formula is C28H30N6O4. The number of nitrogens with one attached hydrogen (secondary N) is 1. The Kier molecular flexibility index (Phi) is 7.23. The maximum absolute atomic E-state index is 13.7. The summed E-state index contributed by atoms with van der Waals surface area (Å²) in [4.78, 5) is 47.7. The van der Waals surface area contributed by atoms with E-state index in [0.717, 1.165) is 16.8 Å². The molecular weight excluding hydrogens is 484 g/mol. The van der Waals surface area contributed by atoms with Crippen LogP contribution in [-0.4, -0.2) is 80.1 Å². The molecule has 4 amide bonds. The molecule has 2 N–H and O–H groups in total. The van der Waals surface area contributed by atoms with E-state index in [9.17, 15) is 19.5 Å². The van der Waals surface area contributed by atoms with Gasteiger partial charge in [-0.1, -0.05) is 48.5 Å². The first-order chi connectivity index (χ1) is 18.4. The van der Waals surface area contributed by atoms with Crippen LogP contribution in [0.5, 0.6) is 5.75 Å². The lowest BCUT2D eigenvalue weighted by Crippen LogP contribution is -2.65. The zero-order chi connectivity index (χ0) is 26.6. The number of phenols is 1. The maximum Gasteiger partial charge on any atom is 0.332 e. The van der Waals surface area contributed by atoms with Gasteiger partial charge in [0.05, 0.1) is 25.3 Å². The van der Waals surface area contributed by atoms with E-state index in [1.165, 1.54) is 5.01 Å². The minimum atomic E-state index is -0.750. The third-order valence-electron chi connectivity index (χ3n) is 6.98. The molecule has 10 nitrogen and oxygen atoms in total. The molecule has 0 radical (unpaired) electrons. The molecule has 10 heteroatoms. The van der Waals surface area contributed by atoms with Crippen LogP contribution in [0.2, 0.25) is 0 Å². The maximum atomic E-state index is 13.7. The number of pyridine rings is 1. The fraction of sp³-hybridized carbons (Fsp3) is 0.286. The Labute approximate surface area is 221 Å². The van der Waals surface area contributed by atoms with Gasteiger partial charge in [-0.15, -0.1) is 0 Å². The second-order valence-corrected chi connectivity index (χ2v) is 9.47. The van der Waals surface area contributed by atoms with Gasteiger partial charge in [-0.2, -0.15) is 5.01 Å². The topological polar surface area (TPSA) is 109 Å². The SMILES string of the molecule is CN(C(=O)NCc1ccccc1)N1CC(=O)N2[C@@H](Cc3ccc(O)cc3)C(=O)N(Cc3ccccn3)C[C@@H]21. The molecule has 2 aliphatic heterocycles. The molecule has 2 saturated heterocycles. The number of rotatable bonds is 7. The van der Waals surface area contributed by atoms with Crippen molar-refractivity contribution in [3.63, 3.8) is 0 Å². The van der Waals surface area contributed by atoms with Crippen LogP contribution < -0.4 is 5.32 Å². The number of nitrogens with zero attached hydrogens (tertiary/aromatic N) is 5. The zero-order valence-corrected chi connectivity index (χ0v) is 21.1. The Morgan fingerprint density at radius 2 is 1.76 bits per heavy atom. The molecule has 0 spiro atoms. The van der Waals surface area contributed by atoms with Crippen LogP contribution in [0.1, 0.15) is 16.8 Å². The van der Waals surface area contributed by atoms with Crippen LogP contribution in [0.4, 0.5) is 4.79 Å². The predicted octanol–water partition coefficient (Wildman–Crippen LogP) is 1.97. The normalized spacial score (nSPS) is 19.4. The van der Waals surface area contributed by atoms with E-state index in [1.807, 2.05) is 48.5 Å². The van der Waals surface area contributed by atoms with Crippen molar-refractivity contribution in [2.75, 3.05) is 20.1 Å². The van der Waals surface area contributed by atoms with E-state index >= 15 is 0 Å². The van der Waals surface area contributed by atoms with Gasteiger partial charge in [0.25, 0.3) is 0 Å². The molecule has 3 heterocycles. The average molecular weight is 515 g/mol. The minimum absolute atomic E-state index is 0.0172. The van der Waals surface area contributed by atoms with Crippen LogP contribution in [0, 0.1) is 0 Å². The quantitative estimate of drug-likeness (QED) is 0.499. The number of urea groups is 1. The van der Waals surface area contributed by atoms with Crippen molar-refractivity contribution < 1.29 is 19.5 Å². The number of piperazine rings is 1. The predicted molar refractivity (Wildman–Crippen MR) is 139 cm³/mol. The molecule has 5 rings (SSSR count). The summed E-state index contributed by atoms with van der Waals surface area (Å²) in [6.07, 6.45) is 1.46.